The summed E-state index contributed by atoms with van der Waals surface area (Å²) in [7, 11) is 0. The molecule has 2 aromatic heterocycles. The molecule has 0 amide bonds. The molecule has 3 nitrogen and oxygen atoms in total. The third-order valence-corrected chi connectivity index (χ3v) is 8.78. The van der Waals surface area contributed by atoms with E-state index in [2.05, 4.69) is 167 Å². The lowest BCUT2D eigenvalue weighted by Crippen LogP contribution is -2.10. The van der Waals surface area contributed by atoms with Crippen LogP contribution in [0.2, 0.25) is 0 Å². The molecule has 9 aromatic rings. The van der Waals surface area contributed by atoms with E-state index in [4.69, 9.17) is 4.42 Å². The lowest BCUT2D eigenvalue weighted by molar-refractivity contribution is 0.669. The van der Waals surface area contributed by atoms with Gasteiger partial charge in [0.05, 0.1) is 16.7 Å². The van der Waals surface area contributed by atoms with E-state index >= 15 is 0 Å². The van der Waals surface area contributed by atoms with Crippen LogP contribution >= 0.6 is 0 Å². The molecule has 0 atom stereocenters. The highest BCUT2D eigenvalue weighted by Gasteiger charge is 2.19. The van der Waals surface area contributed by atoms with Crippen molar-refractivity contribution in [2.45, 2.75) is 0 Å². The topological polar surface area (TPSA) is 21.3 Å². The third kappa shape index (κ3) is 4.13. The number of furan rings is 1. The van der Waals surface area contributed by atoms with Crippen LogP contribution in [0.25, 0.3) is 60.6 Å². The molecule has 0 aliphatic heterocycles. The normalized spacial score (nSPS) is 11.6. The number of fused-ring (bicyclic) bond motifs is 6. The highest BCUT2D eigenvalue weighted by Crippen LogP contribution is 2.42. The molecule has 9 rings (SSSR count). The Morgan fingerprint density at radius 2 is 1.04 bits per heavy atom. The highest BCUT2D eigenvalue weighted by molar-refractivity contribution is 6.11. The van der Waals surface area contributed by atoms with E-state index in [0.29, 0.717) is 0 Å². The zero-order valence-electron chi connectivity index (χ0n) is 24.5. The maximum Gasteiger partial charge on any atom is 0.159 e. The second-order valence-electron chi connectivity index (χ2n) is 11.4. The Balaban J connectivity index is 1.17. The summed E-state index contributed by atoms with van der Waals surface area (Å²) in [5.41, 5.74) is 10.9. The molecule has 0 radical (unpaired) electrons. The van der Waals surface area contributed by atoms with Gasteiger partial charge in [-0.05, 0) is 77.9 Å². The van der Waals surface area contributed by atoms with Gasteiger partial charge in [0.2, 0.25) is 0 Å². The summed E-state index contributed by atoms with van der Waals surface area (Å²) in [5, 5.41) is 4.74. The van der Waals surface area contributed by atoms with Crippen molar-refractivity contribution >= 4 is 60.8 Å². The smallest absolute Gasteiger partial charge is 0.159 e. The average molecular weight is 577 g/mol. The van der Waals surface area contributed by atoms with Crippen molar-refractivity contribution < 1.29 is 4.42 Å². The van der Waals surface area contributed by atoms with Crippen LogP contribution in [0.3, 0.4) is 0 Å². The molecule has 0 spiro atoms. The van der Waals surface area contributed by atoms with E-state index in [1.54, 1.807) is 0 Å². The quantitative estimate of drug-likeness (QED) is 0.203. The fraction of sp³-hybridized carbons (Fsp3) is 0. The van der Waals surface area contributed by atoms with Crippen molar-refractivity contribution in [2.24, 2.45) is 0 Å². The van der Waals surface area contributed by atoms with Crippen LogP contribution in [-0.2, 0) is 0 Å². The molecule has 0 aliphatic carbocycles. The largest absolute Gasteiger partial charge is 0.454 e. The third-order valence-electron chi connectivity index (χ3n) is 8.78. The van der Waals surface area contributed by atoms with E-state index in [9.17, 15) is 0 Å². The van der Waals surface area contributed by atoms with Crippen molar-refractivity contribution in [3.05, 3.63) is 170 Å². The molecular formula is C42H28N2O. The Labute approximate surface area is 260 Å². The number of nitrogens with zero attached hydrogens (tertiary/aromatic N) is 2. The van der Waals surface area contributed by atoms with Crippen molar-refractivity contribution in [3.63, 3.8) is 0 Å². The van der Waals surface area contributed by atoms with Crippen molar-refractivity contribution in [2.75, 3.05) is 4.90 Å². The predicted octanol–water partition coefficient (Wildman–Crippen LogP) is 11.8. The van der Waals surface area contributed by atoms with Gasteiger partial charge in [0, 0.05) is 38.6 Å². The minimum Gasteiger partial charge on any atom is -0.454 e. The summed E-state index contributed by atoms with van der Waals surface area (Å²) in [4.78, 5) is 2.28. The first-order chi connectivity index (χ1) is 22.3. The first-order valence-electron chi connectivity index (χ1n) is 15.3. The average Bonchev–Trinajstić information content (AvgIpc) is 3.66. The Hall–Kier alpha value is -6.06. The summed E-state index contributed by atoms with van der Waals surface area (Å²) in [5.74, 6) is 0. The molecule has 0 unspecified atom stereocenters. The first-order valence-corrected chi connectivity index (χ1v) is 15.3. The minimum atomic E-state index is 0.881. The van der Waals surface area contributed by atoms with Gasteiger partial charge in [0.1, 0.15) is 5.58 Å². The number of aromatic nitrogens is 1. The Morgan fingerprint density at radius 3 is 1.87 bits per heavy atom. The number of anilines is 3. The standard InChI is InChI=1S/C42H28N2O/c1-3-12-31(13-4-1)43(40-20-11-18-36-35-17-8-10-21-41(35)45-42(36)40)33-25-22-29(23-26-33)30-24-27-39-37(28-30)34-16-7-9-19-38(34)44(39)32-14-5-2-6-15-32/h1-28H. The molecule has 0 saturated heterocycles. The highest BCUT2D eigenvalue weighted by atomic mass is 16.3. The van der Waals surface area contributed by atoms with Crippen LogP contribution in [0.5, 0.6) is 0 Å². The van der Waals surface area contributed by atoms with E-state index < -0.39 is 0 Å². The number of para-hydroxylation sites is 5. The molecule has 0 saturated carbocycles. The number of rotatable bonds is 5. The molecule has 3 heteroatoms. The maximum absolute atomic E-state index is 6.47. The summed E-state index contributed by atoms with van der Waals surface area (Å²) < 4.78 is 8.82. The Bertz CT molecular complexity index is 2470. The SMILES string of the molecule is c1ccc(N(c2ccc(-c3ccc4c(c3)c3ccccc3n4-c3ccccc3)cc2)c2cccc3c2oc2ccccc23)cc1. The van der Waals surface area contributed by atoms with Crippen LogP contribution < -0.4 is 4.90 Å². The lowest BCUT2D eigenvalue weighted by atomic mass is 10.0. The second kappa shape index (κ2) is 10.3. The molecule has 0 bridgehead atoms. The van der Waals surface area contributed by atoms with Crippen LogP contribution in [0.1, 0.15) is 0 Å². The molecule has 0 fully saturated rings. The molecule has 2 heterocycles. The molecular weight excluding hydrogens is 548 g/mol. The summed E-state index contributed by atoms with van der Waals surface area (Å²) >= 11 is 0. The molecule has 7 aromatic carbocycles. The number of benzene rings is 7. The predicted molar refractivity (Wildman–Crippen MR) is 188 cm³/mol. The van der Waals surface area contributed by atoms with Crippen LogP contribution in [-0.4, -0.2) is 4.57 Å². The lowest BCUT2D eigenvalue weighted by Gasteiger charge is -2.25. The summed E-state index contributed by atoms with van der Waals surface area (Å²) in [6, 6.07) is 60.1. The number of hydrogen-bond acceptors (Lipinski definition) is 2. The van der Waals surface area contributed by atoms with Gasteiger partial charge in [-0.25, -0.2) is 0 Å². The van der Waals surface area contributed by atoms with Crippen LogP contribution in [0, 0.1) is 0 Å². The molecule has 0 aliphatic rings. The van der Waals surface area contributed by atoms with Gasteiger partial charge < -0.3 is 13.9 Å². The Morgan fingerprint density at radius 1 is 0.422 bits per heavy atom. The van der Waals surface area contributed by atoms with Gasteiger partial charge in [0.25, 0.3) is 0 Å². The summed E-state index contributed by atoms with van der Waals surface area (Å²) in [6.07, 6.45) is 0. The minimum absolute atomic E-state index is 0.881. The van der Waals surface area contributed by atoms with Gasteiger partial charge in [-0.2, -0.15) is 0 Å². The van der Waals surface area contributed by atoms with Crippen LogP contribution in [0.15, 0.2) is 174 Å². The van der Waals surface area contributed by atoms with E-state index in [1.807, 2.05) is 12.1 Å². The first kappa shape index (κ1) is 25.4. The van der Waals surface area contributed by atoms with Gasteiger partial charge in [-0.15, -0.1) is 0 Å². The van der Waals surface area contributed by atoms with Gasteiger partial charge in [-0.3, -0.25) is 0 Å². The van der Waals surface area contributed by atoms with Gasteiger partial charge in [0.15, 0.2) is 5.58 Å². The van der Waals surface area contributed by atoms with Gasteiger partial charge >= 0.3 is 0 Å². The zero-order chi connectivity index (χ0) is 29.7. The molecule has 45 heavy (non-hydrogen) atoms. The van der Waals surface area contributed by atoms with Crippen molar-refractivity contribution in [3.8, 4) is 16.8 Å². The van der Waals surface area contributed by atoms with Crippen LogP contribution in [0.4, 0.5) is 17.1 Å². The second-order valence-corrected chi connectivity index (χ2v) is 11.4. The number of hydrogen-bond donors (Lipinski definition) is 0. The fourth-order valence-corrected chi connectivity index (χ4v) is 6.72. The van der Waals surface area contributed by atoms with E-state index in [-0.39, 0.29) is 0 Å². The van der Waals surface area contributed by atoms with Crippen molar-refractivity contribution in [1.82, 2.24) is 4.57 Å². The van der Waals surface area contributed by atoms with E-state index in [0.717, 1.165) is 39.0 Å². The van der Waals surface area contributed by atoms with E-state index in [1.165, 1.54) is 38.6 Å². The molecule has 0 N–H and O–H groups in total. The maximum atomic E-state index is 6.47. The van der Waals surface area contributed by atoms with Crippen molar-refractivity contribution in [1.29, 1.82) is 0 Å². The zero-order valence-corrected chi connectivity index (χ0v) is 24.5. The molecule has 212 valence electrons. The Kier molecular flexibility index (Phi) is 5.82. The van der Waals surface area contributed by atoms with Gasteiger partial charge in [-0.1, -0.05) is 103 Å². The fourth-order valence-electron chi connectivity index (χ4n) is 6.72. The summed E-state index contributed by atoms with van der Waals surface area (Å²) in [6.45, 7) is 0. The monoisotopic (exact) mass is 576 g/mol.